The first-order valence-electron chi connectivity index (χ1n) is 3.72. The summed E-state index contributed by atoms with van der Waals surface area (Å²) in [5, 5.41) is 0. The Kier molecular flexibility index (Phi) is 2.98. The summed E-state index contributed by atoms with van der Waals surface area (Å²) in [7, 11) is 0. The molecule has 1 fully saturated rings. The molecule has 1 saturated carbocycles. The summed E-state index contributed by atoms with van der Waals surface area (Å²) >= 11 is 3.54. The van der Waals surface area contributed by atoms with Crippen molar-refractivity contribution in [2.24, 2.45) is 0 Å². The molecule has 3 heteroatoms. The zero-order valence-electron chi connectivity index (χ0n) is 5.98. The van der Waals surface area contributed by atoms with Crippen molar-refractivity contribution in [3.63, 3.8) is 0 Å². The van der Waals surface area contributed by atoms with Crippen LogP contribution in [0.2, 0.25) is 0 Å². The molecule has 1 aliphatic rings. The van der Waals surface area contributed by atoms with E-state index in [1.165, 1.54) is 0 Å². The van der Waals surface area contributed by atoms with Crippen molar-refractivity contribution in [1.29, 1.82) is 0 Å². The van der Waals surface area contributed by atoms with E-state index >= 15 is 0 Å². The van der Waals surface area contributed by atoms with E-state index in [2.05, 4.69) is 17.1 Å². The first-order valence-corrected chi connectivity index (χ1v) is 4.09. The summed E-state index contributed by atoms with van der Waals surface area (Å²) in [6.07, 6.45) is 4.45. The van der Waals surface area contributed by atoms with E-state index in [4.69, 9.17) is 0 Å². The van der Waals surface area contributed by atoms with Crippen molar-refractivity contribution in [1.82, 2.24) is 0 Å². The molecule has 1 rings (SSSR count). The van der Waals surface area contributed by atoms with Crippen LogP contribution in [0.15, 0.2) is 0 Å². The molecule has 10 heavy (non-hydrogen) atoms. The summed E-state index contributed by atoms with van der Waals surface area (Å²) in [6.45, 7) is 0.149. The average Bonchev–Trinajstić information content (AvgIpc) is 1.89. The number of thiol groups is 1. The van der Waals surface area contributed by atoms with Crippen LogP contribution in [0.1, 0.15) is 32.1 Å². The lowest BCUT2D eigenvalue weighted by Gasteiger charge is -2.27. The van der Waals surface area contributed by atoms with Crippen molar-refractivity contribution in [3.8, 4) is 0 Å². The zero-order chi connectivity index (χ0) is 7.45. The van der Waals surface area contributed by atoms with Gasteiger partial charge < -0.3 is 4.18 Å². The Hall–Kier alpha value is 0.240. The molecule has 0 N–H and O–H groups in total. The fourth-order valence-electron chi connectivity index (χ4n) is 1.45. The maximum atomic E-state index is 13.4. The largest absolute Gasteiger partial charge is 0.315 e. The predicted octanol–water partition coefficient (Wildman–Crippen LogP) is 2.52. The molecule has 0 radical (unpaired) electrons. The molecule has 0 aromatic heterocycles. The van der Waals surface area contributed by atoms with E-state index in [9.17, 15) is 4.39 Å². The molecule has 0 unspecified atom stereocenters. The van der Waals surface area contributed by atoms with Gasteiger partial charge in [-0.3, -0.25) is 0 Å². The van der Waals surface area contributed by atoms with Gasteiger partial charge in [-0.25, -0.2) is 4.39 Å². The van der Waals surface area contributed by atoms with Crippen LogP contribution in [0, 0.1) is 0 Å². The molecule has 0 aromatic rings. The van der Waals surface area contributed by atoms with Crippen molar-refractivity contribution >= 4 is 12.9 Å². The third kappa shape index (κ3) is 2.13. The topological polar surface area (TPSA) is 9.23 Å². The number of halogens is 1. The van der Waals surface area contributed by atoms with Gasteiger partial charge in [-0.2, -0.15) is 0 Å². The lowest BCUT2D eigenvalue weighted by molar-refractivity contribution is 0.0574. The Morgan fingerprint density at radius 2 is 1.90 bits per heavy atom. The van der Waals surface area contributed by atoms with Crippen LogP contribution >= 0.6 is 12.9 Å². The van der Waals surface area contributed by atoms with Gasteiger partial charge in [0, 0.05) is 0 Å². The second-order valence-electron chi connectivity index (χ2n) is 2.98. The monoisotopic (exact) mass is 164 g/mol. The molecule has 0 aromatic carbocycles. The second kappa shape index (κ2) is 3.58. The zero-order valence-corrected chi connectivity index (χ0v) is 6.87. The van der Waals surface area contributed by atoms with Crippen LogP contribution in [0.5, 0.6) is 0 Å². The van der Waals surface area contributed by atoms with E-state index in [0.717, 1.165) is 19.3 Å². The summed E-state index contributed by atoms with van der Waals surface area (Å²) in [6, 6.07) is 0. The molecular formula is C7H13FOS. The molecule has 0 spiro atoms. The molecule has 0 atom stereocenters. The molecule has 0 heterocycles. The standard InChI is InChI=1S/C7H13FOS/c8-7(6-9-10)4-2-1-3-5-7/h10H,1-6H2. The second-order valence-corrected chi connectivity index (χ2v) is 3.24. The van der Waals surface area contributed by atoms with Gasteiger partial charge in [-0.15, -0.1) is 0 Å². The number of rotatable bonds is 2. The van der Waals surface area contributed by atoms with E-state index in [0.29, 0.717) is 12.8 Å². The van der Waals surface area contributed by atoms with Crippen LogP contribution in [-0.2, 0) is 4.18 Å². The van der Waals surface area contributed by atoms with E-state index in [-0.39, 0.29) is 6.61 Å². The van der Waals surface area contributed by atoms with Crippen LogP contribution in [0.3, 0.4) is 0 Å². The van der Waals surface area contributed by atoms with Gasteiger partial charge in [0.15, 0.2) is 0 Å². The molecule has 60 valence electrons. The van der Waals surface area contributed by atoms with Crippen molar-refractivity contribution in [3.05, 3.63) is 0 Å². The van der Waals surface area contributed by atoms with Crippen molar-refractivity contribution in [2.45, 2.75) is 37.8 Å². The Labute approximate surface area is 66.6 Å². The molecular weight excluding hydrogens is 151 g/mol. The normalized spacial score (nSPS) is 24.6. The highest BCUT2D eigenvalue weighted by atomic mass is 32.1. The number of hydrogen-bond acceptors (Lipinski definition) is 2. The minimum Gasteiger partial charge on any atom is -0.315 e. The van der Waals surface area contributed by atoms with Crippen molar-refractivity contribution in [2.75, 3.05) is 6.61 Å². The highest BCUT2D eigenvalue weighted by molar-refractivity contribution is 7.75. The maximum absolute atomic E-state index is 13.4. The Balaban J connectivity index is 2.32. The van der Waals surface area contributed by atoms with Gasteiger partial charge in [0.25, 0.3) is 0 Å². The summed E-state index contributed by atoms with van der Waals surface area (Å²) < 4.78 is 17.9. The van der Waals surface area contributed by atoms with Crippen LogP contribution in [0.4, 0.5) is 4.39 Å². The van der Waals surface area contributed by atoms with Gasteiger partial charge in [0.2, 0.25) is 0 Å². The number of alkyl halides is 1. The molecule has 0 bridgehead atoms. The van der Waals surface area contributed by atoms with Crippen molar-refractivity contribution < 1.29 is 8.57 Å². The first kappa shape index (κ1) is 8.34. The SMILES string of the molecule is FC1(COS)CCCCC1. The highest BCUT2D eigenvalue weighted by Gasteiger charge is 2.31. The lowest BCUT2D eigenvalue weighted by Crippen LogP contribution is -2.30. The Morgan fingerprint density at radius 1 is 1.30 bits per heavy atom. The van der Waals surface area contributed by atoms with Gasteiger partial charge >= 0.3 is 0 Å². The molecule has 1 nitrogen and oxygen atoms in total. The molecule has 0 saturated heterocycles. The Morgan fingerprint density at radius 3 is 2.40 bits per heavy atom. The molecule has 1 aliphatic carbocycles. The first-order chi connectivity index (χ1) is 4.77. The fourth-order valence-corrected chi connectivity index (χ4v) is 1.68. The van der Waals surface area contributed by atoms with Gasteiger partial charge in [-0.05, 0) is 25.8 Å². The van der Waals surface area contributed by atoms with Crippen LogP contribution in [-0.4, -0.2) is 12.3 Å². The minimum absolute atomic E-state index is 0.149. The summed E-state index contributed by atoms with van der Waals surface area (Å²) in [4.78, 5) is 0. The van der Waals surface area contributed by atoms with Crippen LogP contribution < -0.4 is 0 Å². The maximum Gasteiger partial charge on any atom is 0.135 e. The lowest BCUT2D eigenvalue weighted by atomic mass is 9.87. The van der Waals surface area contributed by atoms with Gasteiger partial charge in [-0.1, -0.05) is 19.3 Å². The van der Waals surface area contributed by atoms with Gasteiger partial charge in [0.05, 0.1) is 6.61 Å². The van der Waals surface area contributed by atoms with Gasteiger partial charge in [0.1, 0.15) is 5.67 Å². The van der Waals surface area contributed by atoms with Crippen LogP contribution in [0.25, 0.3) is 0 Å². The number of hydrogen-bond donors (Lipinski definition) is 1. The summed E-state index contributed by atoms with van der Waals surface area (Å²) in [5.41, 5.74) is -1.07. The molecule has 0 amide bonds. The molecule has 0 aliphatic heterocycles. The summed E-state index contributed by atoms with van der Waals surface area (Å²) in [5.74, 6) is 0. The quantitative estimate of drug-likeness (QED) is 0.487. The minimum atomic E-state index is -1.07. The fraction of sp³-hybridized carbons (Fsp3) is 1.00. The van der Waals surface area contributed by atoms with E-state index in [1.807, 2.05) is 0 Å². The average molecular weight is 164 g/mol. The Bertz CT molecular complexity index is 96.3. The van der Waals surface area contributed by atoms with E-state index < -0.39 is 5.67 Å². The third-order valence-electron chi connectivity index (χ3n) is 2.07. The third-order valence-corrected chi connectivity index (χ3v) is 2.20. The smallest absolute Gasteiger partial charge is 0.135 e. The predicted molar refractivity (Wildman–Crippen MR) is 41.9 cm³/mol. The van der Waals surface area contributed by atoms with E-state index in [1.54, 1.807) is 0 Å². The highest BCUT2D eigenvalue weighted by Crippen LogP contribution is 2.31.